The minimum absolute atomic E-state index is 0.0522. The van der Waals surface area contributed by atoms with Crippen LogP contribution in [0.3, 0.4) is 0 Å². The van der Waals surface area contributed by atoms with E-state index in [1.165, 1.54) is 7.11 Å². The summed E-state index contributed by atoms with van der Waals surface area (Å²) in [5.41, 5.74) is 0.806. The van der Waals surface area contributed by atoms with Crippen molar-refractivity contribution in [3.8, 4) is 24.0 Å². The molecule has 0 aliphatic carbocycles. The Kier molecular flexibility index (Phi) is 4.31. The van der Waals surface area contributed by atoms with Crippen LogP contribution in [0.1, 0.15) is 5.56 Å². The van der Waals surface area contributed by atoms with Crippen molar-refractivity contribution in [1.29, 1.82) is 15.8 Å². The Bertz CT molecular complexity index is 859. The molecule has 0 saturated heterocycles. The summed E-state index contributed by atoms with van der Waals surface area (Å²) in [6, 6.07) is 10.3. The molecular formula is C16H11N5O2. The Morgan fingerprint density at radius 3 is 2.48 bits per heavy atom. The van der Waals surface area contributed by atoms with Gasteiger partial charge in [0.15, 0.2) is 5.57 Å². The molecule has 1 aromatic carbocycles. The highest BCUT2D eigenvalue weighted by molar-refractivity contribution is 6.26. The molecular weight excluding hydrogens is 294 g/mol. The predicted octanol–water partition coefficient (Wildman–Crippen LogP) is 1.45. The van der Waals surface area contributed by atoms with E-state index in [9.17, 15) is 10.1 Å². The van der Waals surface area contributed by atoms with Gasteiger partial charge in [-0.3, -0.25) is 4.79 Å². The summed E-state index contributed by atoms with van der Waals surface area (Å²) in [7, 11) is 3.19. The monoisotopic (exact) mass is 305 g/mol. The van der Waals surface area contributed by atoms with Crippen molar-refractivity contribution >= 4 is 17.2 Å². The van der Waals surface area contributed by atoms with E-state index in [0.717, 1.165) is 5.69 Å². The molecule has 7 nitrogen and oxygen atoms in total. The molecule has 0 fully saturated rings. The van der Waals surface area contributed by atoms with Gasteiger partial charge in [-0.2, -0.15) is 15.8 Å². The van der Waals surface area contributed by atoms with E-state index in [-0.39, 0.29) is 22.4 Å². The third-order valence-corrected chi connectivity index (χ3v) is 3.31. The van der Waals surface area contributed by atoms with Gasteiger partial charge in [0.25, 0.3) is 5.91 Å². The van der Waals surface area contributed by atoms with Crippen molar-refractivity contribution in [2.45, 2.75) is 0 Å². The van der Waals surface area contributed by atoms with E-state index < -0.39 is 5.91 Å². The second-order valence-electron chi connectivity index (χ2n) is 4.45. The van der Waals surface area contributed by atoms with E-state index in [1.807, 2.05) is 6.07 Å². The predicted molar refractivity (Wildman–Crippen MR) is 81.5 cm³/mol. The first-order valence-electron chi connectivity index (χ1n) is 6.48. The number of nitrogens with zero attached hydrogens (tertiary/aromatic N) is 3. The number of nitrogens with one attached hydrogen (secondary N) is 2. The summed E-state index contributed by atoms with van der Waals surface area (Å²) in [4.78, 5) is 12.3. The number of allylic oxidation sites excluding steroid dienone is 2. The third kappa shape index (κ3) is 2.57. The van der Waals surface area contributed by atoms with Crippen LogP contribution in [0.4, 0.5) is 5.69 Å². The number of rotatable bonds is 3. The molecule has 1 amide bonds. The number of methoxy groups -OCH3 is 1. The summed E-state index contributed by atoms with van der Waals surface area (Å²) in [6.07, 6.45) is 0. The molecule has 0 bridgehead atoms. The summed E-state index contributed by atoms with van der Waals surface area (Å²) in [5, 5.41) is 32.7. The van der Waals surface area contributed by atoms with E-state index in [1.54, 1.807) is 37.4 Å². The zero-order valence-electron chi connectivity index (χ0n) is 12.4. The topological polar surface area (TPSA) is 122 Å². The standard InChI is InChI=1S/C16H11N5O2/c1-20-10-3-4-11(13(5-10)23-2)14-12(8-19)15(21-16(14)22)9(6-17)7-18/h3-5,20H,1-2H3,(H,21,22). The van der Waals surface area contributed by atoms with Crippen molar-refractivity contribution in [3.05, 3.63) is 40.6 Å². The summed E-state index contributed by atoms with van der Waals surface area (Å²) < 4.78 is 5.28. The molecule has 2 rings (SSSR count). The lowest BCUT2D eigenvalue weighted by atomic mass is 9.99. The Morgan fingerprint density at radius 2 is 1.96 bits per heavy atom. The summed E-state index contributed by atoms with van der Waals surface area (Å²) >= 11 is 0. The van der Waals surface area contributed by atoms with Gasteiger partial charge >= 0.3 is 0 Å². The number of nitriles is 3. The second kappa shape index (κ2) is 6.34. The molecule has 1 heterocycles. The maximum Gasteiger partial charge on any atom is 0.257 e. The number of hydrogen-bond donors (Lipinski definition) is 2. The fraction of sp³-hybridized carbons (Fsp3) is 0.125. The summed E-state index contributed by atoms with van der Waals surface area (Å²) in [6.45, 7) is 0. The molecule has 2 N–H and O–H groups in total. The van der Waals surface area contributed by atoms with Crippen LogP contribution in [0, 0.1) is 34.0 Å². The molecule has 0 aromatic heterocycles. The van der Waals surface area contributed by atoms with Crippen LogP contribution in [-0.4, -0.2) is 20.1 Å². The second-order valence-corrected chi connectivity index (χ2v) is 4.45. The molecule has 0 atom stereocenters. The van der Waals surface area contributed by atoms with Gasteiger partial charge < -0.3 is 15.4 Å². The molecule has 23 heavy (non-hydrogen) atoms. The van der Waals surface area contributed by atoms with E-state index in [4.69, 9.17) is 15.3 Å². The van der Waals surface area contributed by atoms with E-state index in [2.05, 4.69) is 10.6 Å². The number of ether oxygens (including phenoxy) is 1. The van der Waals surface area contributed by atoms with Crippen LogP contribution in [0.25, 0.3) is 5.57 Å². The summed E-state index contributed by atoms with van der Waals surface area (Å²) in [5.74, 6) is -0.165. The molecule has 0 spiro atoms. The number of amides is 1. The SMILES string of the molecule is CNc1ccc(C2=C(C#N)C(=C(C#N)C#N)NC2=O)c(OC)c1. The molecule has 0 unspecified atom stereocenters. The van der Waals surface area contributed by atoms with Gasteiger partial charge in [-0.15, -0.1) is 0 Å². The quantitative estimate of drug-likeness (QED) is 0.815. The van der Waals surface area contributed by atoms with Crippen molar-refractivity contribution < 1.29 is 9.53 Å². The van der Waals surface area contributed by atoms with Gasteiger partial charge in [0.05, 0.1) is 24.0 Å². The highest BCUT2D eigenvalue weighted by atomic mass is 16.5. The van der Waals surface area contributed by atoms with E-state index in [0.29, 0.717) is 11.3 Å². The maximum absolute atomic E-state index is 12.3. The van der Waals surface area contributed by atoms with Crippen molar-refractivity contribution in [1.82, 2.24) is 5.32 Å². The van der Waals surface area contributed by atoms with Gasteiger partial charge in [-0.25, -0.2) is 0 Å². The maximum atomic E-state index is 12.3. The van der Waals surface area contributed by atoms with E-state index >= 15 is 0 Å². The number of anilines is 1. The molecule has 112 valence electrons. The average molecular weight is 305 g/mol. The largest absolute Gasteiger partial charge is 0.496 e. The van der Waals surface area contributed by atoms with Crippen LogP contribution < -0.4 is 15.4 Å². The van der Waals surface area contributed by atoms with Gasteiger partial charge in [0, 0.05) is 24.4 Å². The lowest BCUT2D eigenvalue weighted by Gasteiger charge is -2.10. The number of carbonyl (C=O) groups is 1. The first-order valence-corrected chi connectivity index (χ1v) is 6.48. The number of benzene rings is 1. The average Bonchev–Trinajstić information content (AvgIpc) is 2.91. The molecule has 7 heteroatoms. The highest BCUT2D eigenvalue weighted by Gasteiger charge is 2.32. The third-order valence-electron chi connectivity index (χ3n) is 3.31. The first-order chi connectivity index (χ1) is 11.1. The first kappa shape index (κ1) is 15.6. The zero-order chi connectivity index (χ0) is 17.0. The van der Waals surface area contributed by atoms with Crippen molar-refractivity contribution in [2.24, 2.45) is 0 Å². The Labute approximate surface area is 132 Å². The number of hydrogen-bond acceptors (Lipinski definition) is 6. The van der Waals surface area contributed by atoms with Crippen LogP contribution in [-0.2, 0) is 4.79 Å². The Balaban J connectivity index is 2.76. The molecule has 1 aromatic rings. The lowest BCUT2D eigenvalue weighted by molar-refractivity contribution is -0.114. The minimum Gasteiger partial charge on any atom is -0.496 e. The van der Waals surface area contributed by atoms with Crippen molar-refractivity contribution in [2.75, 3.05) is 19.5 Å². The van der Waals surface area contributed by atoms with Crippen LogP contribution in [0.5, 0.6) is 5.75 Å². The van der Waals surface area contributed by atoms with Crippen molar-refractivity contribution in [3.63, 3.8) is 0 Å². The van der Waals surface area contributed by atoms with Gasteiger partial charge in [0.1, 0.15) is 24.0 Å². The van der Waals surface area contributed by atoms with Gasteiger partial charge in [-0.05, 0) is 12.1 Å². The molecule has 0 radical (unpaired) electrons. The smallest absolute Gasteiger partial charge is 0.257 e. The molecule has 0 saturated carbocycles. The molecule has 1 aliphatic rings. The zero-order valence-corrected chi connectivity index (χ0v) is 12.4. The number of carbonyl (C=O) groups excluding carboxylic acids is 1. The fourth-order valence-corrected chi connectivity index (χ4v) is 2.22. The van der Waals surface area contributed by atoms with Crippen LogP contribution >= 0.6 is 0 Å². The lowest BCUT2D eigenvalue weighted by Crippen LogP contribution is -2.17. The fourth-order valence-electron chi connectivity index (χ4n) is 2.22. The molecule has 1 aliphatic heterocycles. The van der Waals surface area contributed by atoms with Crippen LogP contribution in [0.2, 0.25) is 0 Å². The highest BCUT2D eigenvalue weighted by Crippen LogP contribution is 2.36. The minimum atomic E-state index is -0.560. The van der Waals surface area contributed by atoms with Gasteiger partial charge in [0.2, 0.25) is 0 Å². The Hall–Kier alpha value is -3.76. The van der Waals surface area contributed by atoms with Crippen LogP contribution in [0.15, 0.2) is 35.0 Å². The van der Waals surface area contributed by atoms with Gasteiger partial charge in [-0.1, -0.05) is 0 Å². The normalized spacial score (nSPS) is 12.8. The Morgan fingerprint density at radius 1 is 1.26 bits per heavy atom.